The van der Waals surface area contributed by atoms with Crippen LogP contribution < -0.4 is 4.90 Å². The quantitative estimate of drug-likeness (QED) is 0.145. The highest BCUT2D eigenvalue weighted by atomic mass is 32.1. The van der Waals surface area contributed by atoms with Gasteiger partial charge in [-0.2, -0.15) is 0 Å². The maximum Gasteiger partial charge on any atom is 0.0620 e. The molecule has 1 aliphatic carbocycles. The van der Waals surface area contributed by atoms with Gasteiger partial charge in [-0.25, -0.2) is 0 Å². The second-order valence-electron chi connectivity index (χ2n) is 16.6. The number of allylic oxidation sites excluding steroid dienone is 4. The highest BCUT2D eigenvalue weighted by Crippen LogP contribution is 2.44. The Labute approximate surface area is 375 Å². The molecule has 12 aromatic rings. The average molecular weight is 831 g/mol. The van der Waals surface area contributed by atoms with Crippen LogP contribution in [-0.2, 0) is 0 Å². The molecular formula is C61H38N2S. The van der Waals surface area contributed by atoms with Gasteiger partial charge in [-0.1, -0.05) is 170 Å². The second-order valence-corrected chi connectivity index (χ2v) is 17.7. The molecule has 0 aliphatic heterocycles. The fourth-order valence-electron chi connectivity index (χ4n) is 9.97. The molecule has 13 rings (SSSR count). The van der Waals surface area contributed by atoms with Crippen molar-refractivity contribution in [1.29, 1.82) is 0 Å². The van der Waals surface area contributed by atoms with Crippen LogP contribution in [0.5, 0.6) is 0 Å². The summed E-state index contributed by atoms with van der Waals surface area (Å²) in [5, 5.41) is 7.77. The number of rotatable bonds is 7. The molecule has 3 heteroatoms. The van der Waals surface area contributed by atoms with Crippen LogP contribution in [0.15, 0.2) is 218 Å². The molecule has 0 fully saturated rings. The minimum absolute atomic E-state index is 0.796. The SMILES string of the molecule is C1#CCC=CC(c2ccc3c(c2)sc2cc(-c4ccc(N(c5ccc(-c6ccccc6)cc5)c5ccc(-c6cccc7c8cccc9c%10ccccc%10n(c67)c98)cc5)cc4)ccc23)=C1. The van der Waals surface area contributed by atoms with Crippen molar-refractivity contribution in [2.24, 2.45) is 0 Å². The normalized spacial score (nSPS) is 12.7. The largest absolute Gasteiger partial charge is 0.311 e. The smallest absolute Gasteiger partial charge is 0.0620 e. The van der Waals surface area contributed by atoms with E-state index >= 15 is 0 Å². The summed E-state index contributed by atoms with van der Waals surface area (Å²) in [5.74, 6) is 6.35. The maximum absolute atomic E-state index is 3.18. The molecule has 3 heterocycles. The second kappa shape index (κ2) is 14.7. The van der Waals surface area contributed by atoms with Crippen LogP contribution in [0.25, 0.3) is 97.2 Å². The first-order chi connectivity index (χ1) is 31.7. The van der Waals surface area contributed by atoms with E-state index in [1.165, 1.54) is 103 Å². The van der Waals surface area contributed by atoms with Crippen molar-refractivity contribution in [3.8, 4) is 45.2 Å². The Morgan fingerprint density at radius 1 is 0.422 bits per heavy atom. The highest BCUT2D eigenvalue weighted by Gasteiger charge is 2.20. The van der Waals surface area contributed by atoms with Gasteiger partial charge in [0.15, 0.2) is 0 Å². The summed E-state index contributed by atoms with van der Waals surface area (Å²) >= 11 is 1.86. The van der Waals surface area contributed by atoms with Crippen LogP contribution >= 0.6 is 11.3 Å². The molecular weight excluding hydrogens is 793 g/mol. The van der Waals surface area contributed by atoms with E-state index < -0.39 is 0 Å². The Hall–Kier alpha value is -8.16. The van der Waals surface area contributed by atoms with Gasteiger partial charge in [0.25, 0.3) is 0 Å². The standard InChI is InChI=1S/C61H38N2S/c1-2-5-15-41(14-4-1)45-28-36-52-53-37-29-46(39-59(53)64-58(52)38-45)43-24-32-48(33-25-43)62(47-30-22-42(23-31-47)40-12-6-3-7-13-40)49-34-26-44(27-35-49)50-17-10-19-55-56-20-11-18-54-51-16-8-9-21-57(51)63(60(50)55)61(54)56/h3-4,6-39H,1H2. The lowest BCUT2D eigenvalue weighted by Gasteiger charge is -2.26. The average Bonchev–Trinajstić information content (AvgIpc) is 3.92. The number of anilines is 3. The molecule has 9 aromatic carbocycles. The summed E-state index contributed by atoms with van der Waals surface area (Å²) in [6.07, 6.45) is 7.15. The third kappa shape index (κ3) is 5.88. The predicted molar refractivity (Wildman–Crippen MR) is 274 cm³/mol. The number of nitrogens with zero attached hydrogens (tertiary/aromatic N) is 2. The topological polar surface area (TPSA) is 7.65 Å². The zero-order chi connectivity index (χ0) is 42.1. The lowest BCUT2D eigenvalue weighted by atomic mass is 10.00. The van der Waals surface area contributed by atoms with Crippen LogP contribution in [0.1, 0.15) is 12.0 Å². The minimum Gasteiger partial charge on any atom is -0.311 e. The number of para-hydroxylation sites is 3. The molecule has 0 radical (unpaired) electrons. The Morgan fingerprint density at radius 3 is 1.67 bits per heavy atom. The minimum atomic E-state index is 0.796. The lowest BCUT2D eigenvalue weighted by Crippen LogP contribution is -2.09. The molecule has 0 atom stereocenters. The Morgan fingerprint density at radius 2 is 0.953 bits per heavy atom. The first-order valence-corrected chi connectivity index (χ1v) is 22.7. The third-order valence-electron chi connectivity index (χ3n) is 13.0. The number of thiophene rings is 1. The summed E-state index contributed by atoms with van der Waals surface area (Å²) in [7, 11) is 0. The fourth-order valence-corrected chi connectivity index (χ4v) is 11.2. The van der Waals surface area contributed by atoms with E-state index in [1.807, 2.05) is 17.4 Å². The first-order valence-electron chi connectivity index (χ1n) is 21.9. The summed E-state index contributed by atoms with van der Waals surface area (Å²) in [5.41, 5.74) is 16.7. The van der Waals surface area contributed by atoms with Gasteiger partial charge >= 0.3 is 0 Å². The summed E-state index contributed by atoms with van der Waals surface area (Å²) in [6, 6.07) is 73.7. The number of fused-ring (bicyclic) bond motifs is 9. The van der Waals surface area contributed by atoms with Gasteiger partial charge in [0.1, 0.15) is 0 Å². The van der Waals surface area contributed by atoms with E-state index in [9.17, 15) is 0 Å². The van der Waals surface area contributed by atoms with Crippen molar-refractivity contribution in [2.75, 3.05) is 4.90 Å². The first kappa shape index (κ1) is 36.5. The van der Waals surface area contributed by atoms with Crippen molar-refractivity contribution >= 4 is 92.2 Å². The van der Waals surface area contributed by atoms with Crippen LogP contribution in [0.2, 0.25) is 0 Å². The molecule has 0 bridgehead atoms. The summed E-state index contributed by atoms with van der Waals surface area (Å²) in [6.45, 7) is 0. The van der Waals surface area contributed by atoms with E-state index in [0.29, 0.717) is 0 Å². The molecule has 0 spiro atoms. The molecule has 298 valence electrons. The van der Waals surface area contributed by atoms with Gasteiger partial charge in [0.05, 0.1) is 16.6 Å². The molecule has 2 nitrogen and oxygen atoms in total. The van der Waals surface area contributed by atoms with Gasteiger partial charge in [0.2, 0.25) is 0 Å². The highest BCUT2D eigenvalue weighted by molar-refractivity contribution is 7.25. The van der Waals surface area contributed by atoms with E-state index in [1.54, 1.807) is 0 Å². The van der Waals surface area contributed by atoms with Crippen molar-refractivity contribution in [2.45, 2.75) is 6.42 Å². The van der Waals surface area contributed by atoms with Crippen molar-refractivity contribution in [1.82, 2.24) is 4.40 Å². The number of hydrogen-bond donors (Lipinski definition) is 0. The number of hydrogen-bond acceptors (Lipinski definition) is 2. The van der Waals surface area contributed by atoms with Crippen molar-refractivity contribution in [3.05, 3.63) is 224 Å². The van der Waals surface area contributed by atoms with E-state index in [2.05, 4.69) is 233 Å². The molecule has 64 heavy (non-hydrogen) atoms. The molecule has 3 aromatic heterocycles. The summed E-state index contributed by atoms with van der Waals surface area (Å²) in [4.78, 5) is 2.37. The monoisotopic (exact) mass is 830 g/mol. The molecule has 0 unspecified atom stereocenters. The molecule has 0 amide bonds. The van der Waals surface area contributed by atoms with Crippen LogP contribution in [0.4, 0.5) is 17.1 Å². The summed E-state index contributed by atoms with van der Waals surface area (Å²) < 4.78 is 5.07. The Balaban J connectivity index is 0.881. The Bertz CT molecular complexity index is 3890. The zero-order valence-electron chi connectivity index (χ0n) is 34.8. The fraction of sp³-hybridized carbons (Fsp3) is 0.0164. The Kier molecular flexibility index (Phi) is 8.41. The molecule has 1 aliphatic rings. The van der Waals surface area contributed by atoms with Crippen LogP contribution in [-0.4, -0.2) is 4.40 Å². The van der Waals surface area contributed by atoms with Gasteiger partial charge in [-0.3, -0.25) is 0 Å². The predicted octanol–water partition coefficient (Wildman–Crippen LogP) is 17.0. The molecule has 0 saturated carbocycles. The third-order valence-corrected chi connectivity index (χ3v) is 14.1. The van der Waals surface area contributed by atoms with Crippen LogP contribution in [0.3, 0.4) is 0 Å². The number of benzene rings is 9. The molecule has 0 saturated heterocycles. The van der Waals surface area contributed by atoms with Gasteiger partial charge < -0.3 is 9.30 Å². The van der Waals surface area contributed by atoms with E-state index in [0.717, 1.165) is 23.5 Å². The van der Waals surface area contributed by atoms with Gasteiger partial charge in [0, 0.05) is 70.8 Å². The van der Waals surface area contributed by atoms with Crippen LogP contribution in [0, 0.1) is 11.8 Å². The number of aromatic nitrogens is 1. The van der Waals surface area contributed by atoms with Crippen molar-refractivity contribution < 1.29 is 0 Å². The van der Waals surface area contributed by atoms with E-state index in [-0.39, 0.29) is 0 Å². The zero-order valence-corrected chi connectivity index (χ0v) is 35.6. The molecule has 0 N–H and O–H groups in total. The van der Waals surface area contributed by atoms with Gasteiger partial charge in [-0.15, -0.1) is 11.3 Å². The maximum atomic E-state index is 3.18. The van der Waals surface area contributed by atoms with Crippen molar-refractivity contribution in [3.63, 3.8) is 0 Å². The lowest BCUT2D eigenvalue weighted by molar-refractivity contribution is 1.28. The van der Waals surface area contributed by atoms with E-state index in [4.69, 9.17) is 0 Å². The van der Waals surface area contributed by atoms with Gasteiger partial charge in [-0.05, 0) is 99.6 Å².